The summed E-state index contributed by atoms with van der Waals surface area (Å²) in [6.07, 6.45) is 3.17. The average molecular weight is 300 g/mol. The molecule has 0 radical (unpaired) electrons. The van der Waals surface area contributed by atoms with Crippen LogP contribution in [-0.2, 0) is 5.60 Å². The minimum Gasteiger partial charge on any atom is -0.466 e. The summed E-state index contributed by atoms with van der Waals surface area (Å²) in [6.45, 7) is 3.63. The predicted octanol–water partition coefficient (Wildman–Crippen LogP) is 2.35. The smallest absolute Gasteiger partial charge is 0.261 e. The highest BCUT2D eigenvalue weighted by atomic mass is 16.5. The molecule has 114 valence electrons. The minimum atomic E-state index is -1.16. The fourth-order valence-electron chi connectivity index (χ4n) is 2.05. The number of rotatable bonds is 5. The van der Waals surface area contributed by atoms with Crippen molar-refractivity contribution in [3.8, 4) is 11.5 Å². The highest BCUT2D eigenvalue weighted by Crippen LogP contribution is 2.26. The molecular weight excluding hydrogens is 284 g/mol. The molecule has 3 heterocycles. The molecule has 1 atom stereocenters. The fourth-order valence-corrected chi connectivity index (χ4v) is 2.05. The summed E-state index contributed by atoms with van der Waals surface area (Å²) in [5.74, 6) is 1.96. The topological polar surface area (TPSA) is 97.2 Å². The first kappa shape index (κ1) is 14.3. The van der Waals surface area contributed by atoms with Crippen molar-refractivity contribution in [3.05, 3.63) is 48.3 Å². The predicted molar refractivity (Wildman–Crippen MR) is 79.0 cm³/mol. The molecule has 2 N–H and O–H groups in total. The van der Waals surface area contributed by atoms with Crippen molar-refractivity contribution in [1.82, 2.24) is 15.1 Å². The Morgan fingerprint density at radius 1 is 1.32 bits per heavy atom. The van der Waals surface area contributed by atoms with Gasteiger partial charge in [-0.15, -0.1) is 0 Å². The summed E-state index contributed by atoms with van der Waals surface area (Å²) < 4.78 is 10.4. The Morgan fingerprint density at radius 3 is 2.86 bits per heavy atom. The molecule has 3 aromatic rings. The van der Waals surface area contributed by atoms with Gasteiger partial charge in [0, 0.05) is 6.20 Å². The van der Waals surface area contributed by atoms with E-state index in [0.29, 0.717) is 28.9 Å². The van der Waals surface area contributed by atoms with Crippen LogP contribution in [0.3, 0.4) is 0 Å². The first-order chi connectivity index (χ1) is 10.6. The maximum atomic E-state index is 10.5. The number of hydrogen-bond donors (Lipinski definition) is 2. The van der Waals surface area contributed by atoms with E-state index in [9.17, 15) is 5.11 Å². The molecule has 0 saturated carbocycles. The first-order valence-electron chi connectivity index (χ1n) is 6.82. The second kappa shape index (κ2) is 5.61. The van der Waals surface area contributed by atoms with Crippen molar-refractivity contribution >= 4 is 5.82 Å². The molecule has 0 amide bonds. The number of anilines is 1. The summed E-state index contributed by atoms with van der Waals surface area (Å²) in [7, 11) is 0. The zero-order chi connectivity index (χ0) is 15.6. The minimum absolute atomic E-state index is 0.220. The lowest BCUT2D eigenvalue weighted by Gasteiger charge is -2.21. The van der Waals surface area contributed by atoms with Crippen LogP contribution in [0.15, 0.2) is 45.7 Å². The number of aromatic nitrogens is 3. The van der Waals surface area contributed by atoms with E-state index in [-0.39, 0.29) is 6.54 Å². The molecular formula is C15H16N4O3. The molecule has 0 aliphatic heterocycles. The maximum Gasteiger partial charge on any atom is 0.261 e. The Hall–Kier alpha value is -2.67. The number of nitrogens with one attached hydrogen (secondary N) is 1. The monoisotopic (exact) mass is 300 g/mol. The van der Waals surface area contributed by atoms with Gasteiger partial charge in [-0.3, -0.25) is 0 Å². The molecule has 0 aliphatic carbocycles. The highest BCUT2D eigenvalue weighted by molar-refractivity contribution is 5.68. The van der Waals surface area contributed by atoms with E-state index in [4.69, 9.17) is 8.94 Å². The number of aliphatic hydroxyl groups is 1. The van der Waals surface area contributed by atoms with E-state index in [1.54, 1.807) is 38.2 Å². The third-order valence-electron chi connectivity index (χ3n) is 3.22. The molecule has 22 heavy (non-hydrogen) atoms. The van der Waals surface area contributed by atoms with Crippen LogP contribution in [0.1, 0.15) is 18.5 Å². The van der Waals surface area contributed by atoms with Crippen molar-refractivity contribution in [3.63, 3.8) is 0 Å². The van der Waals surface area contributed by atoms with Crippen LogP contribution in [-0.4, -0.2) is 26.8 Å². The van der Waals surface area contributed by atoms with E-state index in [1.807, 2.05) is 6.07 Å². The van der Waals surface area contributed by atoms with Gasteiger partial charge in [-0.05, 0) is 38.1 Å². The summed E-state index contributed by atoms with van der Waals surface area (Å²) >= 11 is 0. The van der Waals surface area contributed by atoms with Gasteiger partial charge in [0.1, 0.15) is 17.2 Å². The van der Waals surface area contributed by atoms with Crippen LogP contribution in [0.2, 0.25) is 0 Å². The zero-order valence-corrected chi connectivity index (χ0v) is 12.3. The second-order valence-corrected chi connectivity index (χ2v) is 5.15. The van der Waals surface area contributed by atoms with Gasteiger partial charge < -0.3 is 19.4 Å². The van der Waals surface area contributed by atoms with Gasteiger partial charge in [-0.1, -0.05) is 5.16 Å². The van der Waals surface area contributed by atoms with Gasteiger partial charge >= 0.3 is 0 Å². The lowest BCUT2D eigenvalue weighted by Crippen LogP contribution is -2.30. The number of aryl methyl sites for hydroxylation is 1. The highest BCUT2D eigenvalue weighted by Gasteiger charge is 2.26. The SMILES string of the molecule is Cc1noc(-c2cccnc2NCC(C)(O)c2ccco2)n1. The maximum absolute atomic E-state index is 10.5. The molecule has 7 heteroatoms. The van der Waals surface area contributed by atoms with E-state index in [2.05, 4.69) is 20.4 Å². The normalized spacial score (nSPS) is 13.8. The summed E-state index contributed by atoms with van der Waals surface area (Å²) in [6, 6.07) is 7.06. The van der Waals surface area contributed by atoms with Crippen LogP contribution in [0.4, 0.5) is 5.82 Å². The van der Waals surface area contributed by atoms with Crippen LogP contribution in [0, 0.1) is 6.92 Å². The third kappa shape index (κ3) is 2.84. The second-order valence-electron chi connectivity index (χ2n) is 5.15. The van der Waals surface area contributed by atoms with Gasteiger partial charge in [0.15, 0.2) is 5.82 Å². The molecule has 0 aromatic carbocycles. The largest absolute Gasteiger partial charge is 0.466 e. The van der Waals surface area contributed by atoms with Crippen LogP contribution >= 0.6 is 0 Å². The molecule has 3 aromatic heterocycles. The molecule has 0 spiro atoms. The lowest BCUT2D eigenvalue weighted by molar-refractivity contribution is 0.0476. The van der Waals surface area contributed by atoms with E-state index in [1.165, 1.54) is 6.26 Å². The molecule has 0 fully saturated rings. The Morgan fingerprint density at radius 2 is 2.18 bits per heavy atom. The quantitative estimate of drug-likeness (QED) is 0.746. The molecule has 0 aliphatic rings. The van der Waals surface area contributed by atoms with Gasteiger partial charge in [0.2, 0.25) is 0 Å². The Kier molecular flexibility index (Phi) is 3.64. The standard InChI is InChI=1S/C15H16N4O3/c1-10-18-14(22-19-10)11-5-3-7-16-13(11)17-9-15(2,20)12-6-4-8-21-12/h3-8,20H,9H2,1-2H3,(H,16,17). The number of furan rings is 1. The molecule has 1 unspecified atom stereocenters. The van der Waals surface area contributed by atoms with Crippen LogP contribution in [0.25, 0.3) is 11.5 Å². The third-order valence-corrected chi connectivity index (χ3v) is 3.22. The lowest BCUT2D eigenvalue weighted by atomic mass is 10.0. The van der Waals surface area contributed by atoms with Gasteiger partial charge in [0.05, 0.1) is 18.4 Å². The van der Waals surface area contributed by atoms with E-state index >= 15 is 0 Å². The van der Waals surface area contributed by atoms with Crippen molar-refractivity contribution in [2.75, 3.05) is 11.9 Å². The van der Waals surface area contributed by atoms with Crippen molar-refractivity contribution < 1.29 is 14.0 Å². The first-order valence-corrected chi connectivity index (χ1v) is 6.82. The Labute approximate surface area is 127 Å². The number of pyridine rings is 1. The summed E-state index contributed by atoms with van der Waals surface area (Å²) in [5, 5.41) is 17.3. The Bertz CT molecular complexity index is 750. The fraction of sp³-hybridized carbons (Fsp3) is 0.267. The Balaban J connectivity index is 1.82. The van der Waals surface area contributed by atoms with Gasteiger partial charge in [-0.2, -0.15) is 4.98 Å². The molecule has 3 rings (SSSR count). The van der Waals surface area contributed by atoms with Crippen LogP contribution < -0.4 is 5.32 Å². The van der Waals surface area contributed by atoms with E-state index in [0.717, 1.165) is 0 Å². The molecule has 0 bridgehead atoms. The van der Waals surface area contributed by atoms with Crippen LogP contribution in [0.5, 0.6) is 0 Å². The number of nitrogens with zero attached hydrogens (tertiary/aromatic N) is 3. The summed E-state index contributed by atoms with van der Waals surface area (Å²) in [4.78, 5) is 8.47. The average Bonchev–Trinajstić information content (AvgIpc) is 3.17. The van der Waals surface area contributed by atoms with E-state index < -0.39 is 5.60 Å². The van der Waals surface area contributed by atoms with Crippen molar-refractivity contribution in [1.29, 1.82) is 0 Å². The van der Waals surface area contributed by atoms with Gasteiger partial charge in [-0.25, -0.2) is 4.98 Å². The van der Waals surface area contributed by atoms with Crippen molar-refractivity contribution in [2.24, 2.45) is 0 Å². The van der Waals surface area contributed by atoms with Crippen molar-refractivity contribution in [2.45, 2.75) is 19.4 Å². The summed E-state index contributed by atoms with van der Waals surface area (Å²) in [5.41, 5.74) is -0.485. The molecule has 0 saturated heterocycles. The van der Waals surface area contributed by atoms with Gasteiger partial charge in [0.25, 0.3) is 5.89 Å². The molecule has 7 nitrogen and oxygen atoms in total. The number of hydrogen-bond acceptors (Lipinski definition) is 7. The zero-order valence-electron chi connectivity index (χ0n) is 12.3.